The van der Waals surface area contributed by atoms with Crippen molar-refractivity contribution in [2.75, 3.05) is 32.6 Å². The topological polar surface area (TPSA) is 97.8 Å². The van der Waals surface area contributed by atoms with Gasteiger partial charge in [0, 0.05) is 20.0 Å². The summed E-state index contributed by atoms with van der Waals surface area (Å²) in [6.07, 6.45) is 0.170. The Morgan fingerprint density at radius 2 is 2.04 bits per heavy atom. The Morgan fingerprint density at radius 3 is 2.61 bits per heavy atom. The molecule has 3 rings (SSSR count). The number of nitrogens with one attached hydrogen (secondary N) is 1. The number of ether oxygens (including phenoxy) is 2. The molecule has 0 aliphatic carbocycles. The van der Waals surface area contributed by atoms with E-state index in [9.17, 15) is 14.4 Å². The zero-order chi connectivity index (χ0) is 20.3. The van der Waals surface area contributed by atoms with Gasteiger partial charge in [-0.2, -0.15) is 0 Å². The van der Waals surface area contributed by atoms with Gasteiger partial charge in [0.05, 0.1) is 24.5 Å². The van der Waals surface area contributed by atoms with E-state index in [-0.39, 0.29) is 30.5 Å². The van der Waals surface area contributed by atoms with Gasteiger partial charge in [-0.25, -0.2) is 9.78 Å². The molecule has 2 amide bonds. The number of hydrogen-bond donors (Lipinski definition) is 1. The van der Waals surface area contributed by atoms with E-state index >= 15 is 0 Å². The van der Waals surface area contributed by atoms with Gasteiger partial charge in [-0.1, -0.05) is 11.3 Å². The molecule has 1 atom stereocenters. The smallest absolute Gasteiger partial charge is 0.358 e. The second-order valence-corrected chi connectivity index (χ2v) is 7.31. The number of amides is 2. The molecular weight excluding hydrogens is 382 g/mol. The number of methoxy groups -OCH3 is 1. The molecule has 2 heterocycles. The number of thiazole rings is 1. The van der Waals surface area contributed by atoms with Crippen molar-refractivity contribution in [2.24, 2.45) is 5.92 Å². The van der Waals surface area contributed by atoms with Crippen LogP contribution >= 0.6 is 11.3 Å². The predicted molar refractivity (Wildman–Crippen MR) is 104 cm³/mol. The van der Waals surface area contributed by atoms with Gasteiger partial charge in [0.2, 0.25) is 11.8 Å². The molecule has 1 aliphatic rings. The first-order chi connectivity index (χ1) is 13.4. The SMILES string of the molecule is CCOC(=O)c1nc(NC(=O)[C@H]2CC(=O)N(C)C2)sc1-c1ccc(OC)cc1. The predicted octanol–water partition coefficient (Wildman–Crippen LogP) is 2.41. The van der Waals surface area contributed by atoms with Crippen molar-refractivity contribution in [1.29, 1.82) is 0 Å². The fourth-order valence-corrected chi connectivity index (χ4v) is 3.86. The van der Waals surface area contributed by atoms with Gasteiger partial charge >= 0.3 is 5.97 Å². The van der Waals surface area contributed by atoms with Crippen LogP contribution in [0.2, 0.25) is 0 Å². The molecule has 1 aromatic heterocycles. The lowest BCUT2D eigenvalue weighted by atomic mass is 10.1. The Balaban J connectivity index is 1.87. The quantitative estimate of drug-likeness (QED) is 0.744. The van der Waals surface area contributed by atoms with E-state index < -0.39 is 11.9 Å². The first-order valence-electron chi connectivity index (χ1n) is 8.80. The van der Waals surface area contributed by atoms with Gasteiger partial charge in [0.1, 0.15) is 5.75 Å². The molecule has 1 fully saturated rings. The molecule has 0 spiro atoms. The molecule has 1 aliphatic heterocycles. The standard InChI is InChI=1S/C19H21N3O5S/c1-4-27-18(25)15-16(11-5-7-13(26-3)8-6-11)28-19(20-15)21-17(24)12-9-14(23)22(2)10-12/h5-8,12H,4,9-10H2,1-3H3,(H,20,21,24)/t12-/m0/s1. The summed E-state index contributed by atoms with van der Waals surface area (Å²) in [6.45, 7) is 2.30. The van der Waals surface area contributed by atoms with Crippen molar-refractivity contribution in [3.8, 4) is 16.2 Å². The second kappa shape index (κ2) is 8.39. The number of hydrogen-bond acceptors (Lipinski definition) is 7. The maximum Gasteiger partial charge on any atom is 0.358 e. The Kier molecular flexibility index (Phi) is 5.93. The van der Waals surface area contributed by atoms with Crippen LogP contribution < -0.4 is 10.1 Å². The molecule has 0 radical (unpaired) electrons. The number of aromatic nitrogens is 1. The van der Waals surface area contributed by atoms with Crippen LogP contribution in [0, 0.1) is 5.92 Å². The molecule has 148 valence electrons. The monoisotopic (exact) mass is 403 g/mol. The summed E-state index contributed by atoms with van der Waals surface area (Å²) in [5.74, 6) is -0.652. The third-order valence-corrected chi connectivity index (χ3v) is 5.41. The highest BCUT2D eigenvalue weighted by Gasteiger charge is 2.33. The number of esters is 1. The zero-order valence-corrected chi connectivity index (χ0v) is 16.7. The van der Waals surface area contributed by atoms with Gasteiger partial charge in [0.25, 0.3) is 0 Å². The van der Waals surface area contributed by atoms with Crippen LogP contribution in [0.4, 0.5) is 5.13 Å². The molecule has 8 nitrogen and oxygen atoms in total. The van der Waals surface area contributed by atoms with Crippen molar-refractivity contribution >= 4 is 34.3 Å². The summed E-state index contributed by atoms with van der Waals surface area (Å²) >= 11 is 1.19. The summed E-state index contributed by atoms with van der Waals surface area (Å²) in [4.78, 5) is 42.9. The van der Waals surface area contributed by atoms with Crippen LogP contribution in [0.25, 0.3) is 10.4 Å². The average Bonchev–Trinajstić information content (AvgIpc) is 3.25. The van der Waals surface area contributed by atoms with E-state index in [1.807, 2.05) is 12.1 Å². The highest BCUT2D eigenvalue weighted by atomic mass is 32.1. The molecule has 0 unspecified atom stereocenters. The summed E-state index contributed by atoms with van der Waals surface area (Å²) < 4.78 is 10.3. The number of rotatable bonds is 6. The summed E-state index contributed by atoms with van der Waals surface area (Å²) in [5.41, 5.74) is 0.907. The van der Waals surface area contributed by atoms with E-state index in [1.54, 1.807) is 33.2 Å². The molecule has 0 saturated carbocycles. The molecule has 1 N–H and O–H groups in total. The lowest BCUT2D eigenvalue weighted by Gasteiger charge is -2.09. The number of carbonyl (C=O) groups is 3. The van der Waals surface area contributed by atoms with Crippen LogP contribution in [0.3, 0.4) is 0 Å². The van der Waals surface area contributed by atoms with E-state index in [4.69, 9.17) is 9.47 Å². The first kappa shape index (κ1) is 19.8. The third kappa shape index (κ3) is 4.14. The highest BCUT2D eigenvalue weighted by molar-refractivity contribution is 7.19. The number of likely N-dealkylation sites (tertiary alicyclic amines) is 1. The maximum atomic E-state index is 12.5. The minimum absolute atomic E-state index is 0.0644. The lowest BCUT2D eigenvalue weighted by molar-refractivity contribution is -0.127. The van der Waals surface area contributed by atoms with Crippen molar-refractivity contribution in [1.82, 2.24) is 9.88 Å². The van der Waals surface area contributed by atoms with Crippen LogP contribution in [-0.4, -0.2) is 55.0 Å². The van der Waals surface area contributed by atoms with Gasteiger partial charge < -0.3 is 19.7 Å². The molecule has 0 bridgehead atoms. The van der Waals surface area contributed by atoms with E-state index in [0.717, 1.165) is 5.56 Å². The van der Waals surface area contributed by atoms with E-state index in [2.05, 4.69) is 10.3 Å². The number of carbonyl (C=O) groups excluding carboxylic acids is 3. The number of benzene rings is 1. The van der Waals surface area contributed by atoms with Crippen molar-refractivity contribution < 1.29 is 23.9 Å². The molecule has 1 saturated heterocycles. The van der Waals surface area contributed by atoms with Crippen molar-refractivity contribution in [3.05, 3.63) is 30.0 Å². The number of anilines is 1. The fourth-order valence-electron chi connectivity index (χ4n) is 2.90. The van der Waals surface area contributed by atoms with Crippen LogP contribution in [-0.2, 0) is 14.3 Å². The maximum absolute atomic E-state index is 12.5. The van der Waals surface area contributed by atoms with Gasteiger partial charge in [0.15, 0.2) is 10.8 Å². The molecule has 28 heavy (non-hydrogen) atoms. The van der Waals surface area contributed by atoms with Gasteiger partial charge in [-0.05, 0) is 36.8 Å². The van der Waals surface area contributed by atoms with Gasteiger partial charge in [-0.3, -0.25) is 9.59 Å². The summed E-state index contributed by atoms with van der Waals surface area (Å²) in [7, 11) is 3.24. The minimum atomic E-state index is -0.555. The number of nitrogens with zero attached hydrogens (tertiary/aromatic N) is 2. The van der Waals surface area contributed by atoms with Crippen LogP contribution in [0.1, 0.15) is 23.8 Å². The van der Waals surface area contributed by atoms with Crippen LogP contribution in [0.5, 0.6) is 5.75 Å². The summed E-state index contributed by atoms with van der Waals surface area (Å²) in [6, 6.07) is 7.18. The van der Waals surface area contributed by atoms with E-state index in [0.29, 0.717) is 22.3 Å². The second-order valence-electron chi connectivity index (χ2n) is 6.31. The Bertz CT molecular complexity index is 893. The Morgan fingerprint density at radius 1 is 1.32 bits per heavy atom. The van der Waals surface area contributed by atoms with Crippen LogP contribution in [0.15, 0.2) is 24.3 Å². The highest BCUT2D eigenvalue weighted by Crippen LogP contribution is 2.35. The summed E-state index contributed by atoms with van der Waals surface area (Å²) in [5, 5.41) is 3.02. The first-order valence-corrected chi connectivity index (χ1v) is 9.61. The fraction of sp³-hybridized carbons (Fsp3) is 0.368. The molecule has 2 aromatic rings. The van der Waals surface area contributed by atoms with Gasteiger partial charge in [-0.15, -0.1) is 0 Å². The molecule has 9 heteroatoms. The van der Waals surface area contributed by atoms with Crippen molar-refractivity contribution in [3.63, 3.8) is 0 Å². The largest absolute Gasteiger partial charge is 0.497 e. The molecular formula is C19H21N3O5S. The average molecular weight is 403 g/mol. The zero-order valence-electron chi connectivity index (χ0n) is 15.9. The minimum Gasteiger partial charge on any atom is -0.497 e. The van der Waals surface area contributed by atoms with E-state index in [1.165, 1.54) is 16.2 Å². The van der Waals surface area contributed by atoms with Crippen molar-refractivity contribution in [2.45, 2.75) is 13.3 Å². The Labute approximate surface area is 166 Å². The third-order valence-electron chi connectivity index (χ3n) is 4.39. The Hall–Kier alpha value is -2.94. The molecule has 1 aromatic carbocycles. The lowest BCUT2D eigenvalue weighted by Crippen LogP contribution is -2.25. The normalized spacial score (nSPS) is 16.2.